The Bertz CT molecular complexity index is 1580. The lowest BCUT2D eigenvalue weighted by Crippen LogP contribution is -2.30. The largest absolute Gasteiger partial charge is 0.475 e. The number of hydrogen-bond acceptors (Lipinski definition) is 7. The third-order valence-electron chi connectivity index (χ3n) is 6.27. The number of nitrogens with zero attached hydrogens (tertiary/aromatic N) is 2. The topological polar surface area (TPSA) is 143 Å². The molecule has 0 unspecified atom stereocenters. The van der Waals surface area contributed by atoms with Crippen LogP contribution in [-0.4, -0.2) is 31.0 Å². The molecule has 1 aromatic heterocycles. The average molecular weight is 552 g/mol. The Balaban J connectivity index is 1.73. The van der Waals surface area contributed by atoms with Gasteiger partial charge in [-0.15, -0.1) is 0 Å². The fraction of sp³-hybridized carbons (Fsp3) is 0.250. The van der Waals surface area contributed by atoms with E-state index in [1.54, 1.807) is 24.3 Å². The van der Waals surface area contributed by atoms with Crippen molar-refractivity contribution >= 4 is 44.0 Å². The highest BCUT2D eigenvalue weighted by molar-refractivity contribution is 7.92. The maximum absolute atomic E-state index is 14.0. The number of carbonyl (C=O) groups is 1. The standard InChI is InChI=1S/C28H29N3O7S/c1-2-3-4-8-15-29-24-13-12-23(18-25(24)31(34)35)39(36,37)30(19-20-9-6-5-7-10-20)22-11-14-26-21(16-22)17-27(38-26)28(32)33/h5-7,9-14,16-18,29H,2-4,8,15,19H2,1H3,(H,32,33). The van der Waals surface area contributed by atoms with E-state index < -0.39 is 20.9 Å². The van der Waals surface area contributed by atoms with E-state index in [1.807, 2.05) is 6.07 Å². The molecule has 2 N–H and O–H groups in total. The van der Waals surface area contributed by atoms with Crippen LogP contribution in [0.1, 0.15) is 48.7 Å². The van der Waals surface area contributed by atoms with E-state index in [9.17, 15) is 28.4 Å². The van der Waals surface area contributed by atoms with Crippen molar-refractivity contribution < 1.29 is 27.7 Å². The predicted octanol–water partition coefficient (Wildman–Crippen LogP) is 6.43. The maximum atomic E-state index is 14.0. The molecule has 0 saturated carbocycles. The minimum atomic E-state index is -4.28. The van der Waals surface area contributed by atoms with Crippen molar-refractivity contribution in [1.29, 1.82) is 0 Å². The van der Waals surface area contributed by atoms with Crippen LogP contribution in [0.2, 0.25) is 0 Å². The highest BCUT2D eigenvalue weighted by atomic mass is 32.2. The summed E-state index contributed by atoms with van der Waals surface area (Å²) in [5.41, 5.74) is 1.16. The first-order valence-corrected chi connectivity index (χ1v) is 14.0. The van der Waals surface area contributed by atoms with Crippen LogP contribution in [0, 0.1) is 10.1 Å². The van der Waals surface area contributed by atoms with E-state index in [2.05, 4.69) is 12.2 Å². The summed E-state index contributed by atoms with van der Waals surface area (Å²) in [5, 5.41) is 24.6. The van der Waals surface area contributed by atoms with Crippen molar-refractivity contribution in [2.45, 2.75) is 44.0 Å². The Morgan fingerprint density at radius 2 is 1.79 bits per heavy atom. The molecular weight excluding hydrogens is 522 g/mol. The summed E-state index contributed by atoms with van der Waals surface area (Å²) in [5.74, 6) is -1.51. The molecule has 1 heterocycles. The van der Waals surface area contributed by atoms with E-state index in [0.717, 1.165) is 36.1 Å². The molecule has 10 nitrogen and oxygen atoms in total. The predicted molar refractivity (Wildman–Crippen MR) is 149 cm³/mol. The third-order valence-corrected chi connectivity index (χ3v) is 8.04. The van der Waals surface area contributed by atoms with Crippen molar-refractivity contribution in [2.75, 3.05) is 16.2 Å². The molecule has 0 saturated heterocycles. The lowest BCUT2D eigenvalue weighted by molar-refractivity contribution is -0.384. The van der Waals surface area contributed by atoms with Crippen LogP contribution in [0.25, 0.3) is 11.0 Å². The molecular formula is C28H29N3O7S. The number of furan rings is 1. The zero-order chi connectivity index (χ0) is 28.0. The van der Waals surface area contributed by atoms with Gasteiger partial charge in [-0.2, -0.15) is 0 Å². The van der Waals surface area contributed by atoms with Gasteiger partial charge < -0.3 is 14.8 Å². The molecule has 0 atom stereocenters. The molecule has 11 heteroatoms. The van der Waals surface area contributed by atoms with Crippen LogP contribution in [-0.2, 0) is 16.6 Å². The van der Waals surface area contributed by atoms with Crippen LogP contribution in [0.3, 0.4) is 0 Å². The van der Waals surface area contributed by atoms with Gasteiger partial charge in [-0.05, 0) is 48.4 Å². The SMILES string of the molecule is CCCCCCNc1ccc(S(=O)(=O)N(Cc2ccccc2)c2ccc3oc(C(=O)O)cc3c2)cc1[N+](=O)[O-]. The van der Waals surface area contributed by atoms with Gasteiger partial charge in [0.1, 0.15) is 11.3 Å². The van der Waals surface area contributed by atoms with Crippen molar-refractivity contribution in [3.63, 3.8) is 0 Å². The summed E-state index contributed by atoms with van der Waals surface area (Å²) < 4.78 is 34.4. The zero-order valence-corrected chi connectivity index (χ0v) is 22.2. The summed E-state index contributed by atoms with van der Waals surface area (Å²) in [6.07, 6.45) is 3.98. The van der Waals surface area contributed by atoms with Gasteiger partial charge in [0.05, 0.1) is 22.1 Å². The van der Waals surface area contributed by atoms with Crippen molar-refractivity contribution in [3.8, 4) is 0 Å². The summed E-state index contributed by atoms with van der Waals surface area (Å²) in [6, 6.07) is 18.6. The molecule has 0 aliphatic heterocycles. The molecule has 0 aliphatic carbocycles. The van der Waals surface area contributed by atoms with Gasteiger partial charge in [0.2, 0.25) is 5.76 Å². The number of hydrogen-bond donors (Lipinski definition) is 2. The van der Waals surface area contributed by atoms with Gasteiger partial charge in [0, 0.05) is 18.0 Å². The number of nitrogens with one attached hydrogen (secondary N) is 1. The summed E-state index contributed by atoms with van der Waals surface area (Å²) in [6.45, 7) is 2.58. The number of sulfonamides is 1. The number of nitro benzene ring substituents is 1. The number of fused-ring (bicyclic) bond motifs is 1. The lowest BCUT2D eigenvalue weighted by Gasteiger charge is -2.25. The van der Waals surface area contributed by atoms with Crippen LogP contribution in [0.15, 0.2) is 82.1 Å². The van der Waals surface area contributed by atoms with E-state index in [0.29, 0.717) is 23.1 Å². The minimum Gasteiger partial charge on any atom is -0.475 e. The van der Waals surface area contributed by atoms with Crippen molar-refractivity contribution in [2.24, 2.45) is 0 Å². The Hall–Kier alpha value is -4.38. The number of aromatic carboxylic acids is 1. The Labute approximate surface area is 226 Å². The van der Waals surface area contributed by atoms with E-state index >= 15 is 0 Å². The summed E-state index contributed by atoms with van der Waals surface area (Å²) in [7, 11) is -4.28. The number of nitro groups is 1. The molecule has 4 aromatic rings. The number of carboxylic acid groups (broad SMARTS) is 1. The zero-order valence-electron chi connectivity index (χ0n) is 21.4. The molecule has 3 aromatic carbocycles. The van der Waals surface area contributed by atoms with Crippen LogP contribution in [0.5, 0.6) is 0 Å². The first-order valence-electron chi connectivity index (χ1n) is 12.6. The quantitative estimate of drug-likeness (QED) is 0.110. The van der Waals surface area contributed by atoms with Gasteiger partial charge in [-0.25, -0.2) is 13.2 Å². The van der Waals surface area contributed by atoms with Crippen LogP contribution in [0.4, 0.5) is 17.1 Å². The van der Waals surface area contributed by atoms with Gasteiger partial charge in [0.25, 0.3) is 15.7 Å². The Morgan fingerprint density at radius 3 is 2.49 bits per heavy atom. The molecule has 0 fully saturated rings. The minimum absolute atomic E-state index is 0.0520. The first kappa shape index (κ1) is 27.6. The van der Waals surface area contributed by atoms with Crippen molar-refractivity contribution in [1.82, 2.24) is 0 Å². The number of carboxylic acids is 1. The molecule has 0 amide bonds. The van der Waals surface area contributed by atoms with E-state index in [1.165, 1.54) is 36.4 Å². The second kappa shape index (κ2) is 12.0. The monoisotopic (exact) mass is 551 g/mol. The van der Waals surface area contributed by atoms with Crippen LogP contribution < -0.4 is 9.62 Å². The van der Waals surface area contributed by atoms with E-state index in [4.69, 9.17) is 4.42 Å². The molecule has 204 valence electrons. The summed E-state index contributed by atoms with van der Waals surface area (Å²) >= 11 is 0. The normalized spacial score (nSPS) is 11.4. The number of unbranched alkanes of at least 4 members (excludes halogenated alkanes) is 3. The second-order valence-corrected chi connectivity index (χ2v) is 10.9. The Morgan fingerprint density at radius 1 is 1.03 bits per heavy atom. The maximum Gasteiger partial charge on any atom is 0.371 e. The second-order valence-electron chi connectivity index (χ2n) is 9.06. The smallest absolute Gasteiger partial charge is 0.371 e. The number of anilines is 2. The number of benzene rings is 3. The van der Waals surface area contributed by atoms with Gasteiger partial charge in [0.15, 0.2) is 0 Å². The fourth-order valence-corrected chi connectivity index (χ4v) is 5.70. The molecule has 0 bridgehead atoms. The van der Waals surface area contributed by atoms with Gasteiger partial charge >= 0.3 is 5.97 Å². The third kappa shape index (κ3) is 6.37. The first-order chi connectivity index (χ1) is 18.7. The lowest BCUT2D eigenvalue weighted by atomic mass is 10.2. The van der Waals surface area contributed by atoms with E-state index in [-0.39, 0.29) is 34.3 Å². The fourth-order valence-electron chi connectivity index (χ4n) is 4.23. The van der Waals surface area contributed by atoms with Crippen LogP contribution >= 0.6 is 0 Å². The average Bonchev–Trinajstić information content (AvgIpc) is 3.36. The van der Waals surface area contributed by atoms with Crippen molar-refractivity contribution in [3.05, 3.63) is 94.2 Å². The highest BCUT2D eigenvalue weighted by Gasteiger charge is 2.29. The molecule has 0 aliphatic rings. The molecule has 4 rings (SSSR count). The Kier molecular flexibility index (Phi) is 8.50. The van der Waals surface area contributed by atoms with Gasteiger partial charge in [-0.1, -0.05) is 56.5 Å². The molecule has 0 radical (unpaired) electrons. The summed E-state index contributed by atoms with van der Waals surface area (Å²) in [4.78, 5) is 22.4. The molecule has 0 spiro atoms. The number of rotatable bonds is 13. The molecule has 39 heavy (non-hydrogen) atoms. The highest BCUT2D eigenvalue weighted by Crippen LogP contribution is 2.33. The van der Waals surface area contributed by atoms with Gasteiger partial charge in [-0.3, -0.25) is 14.4 Å².